The number of nitro benzene ring substituents is 1. The van der Waals surface area contributed by atoms with E-state index in [-0.39, 0.29) is 18.2 Å². The Morgan fingerprint density at radius 3 is 2.53 bits per heavy atom. The molecule has 1 unspecified atom stereocenters. The first-order valence-electron chi connectivity index (χ1n) is 4.97. The Balaban J connectivity index is 2.47. The summed E-state index contributed by atoms with van der Waals surface area (Å²) in [7, 11) is 0. The van der Waals surface area contributed by atoms with Crippen molar-refractivity contribution in [1.29, 1.82) is 0 Å². The Bertz CT molecular complexity index is 405. The molecule has 0 heterocycles. The van der Waals surface area contributed by atoms with Crippen LogP contribution in [0, 0.1) is 10.1 Å². The van der Waals surface area contributed by atoms with Gasteiger partial charge in [-0.3, -0.25) is 14.9 Å². The SMILES string of the molecule is CC(CC(=O)O)NNc1ccc([N+](=O)[O-])cc1. The number of nitro groups is 1. The number of rotatable bonds is 6. The predicted molar refractivity (Wildman–Crippen MR) is 61.6 cm³/mol. The molecule has 0 aliphatic heterocycles. The Labute approximate surface area is 97.6 Å². The summed E-state index contributed by atoms with van der Waals surface area (Å²) in [6.07, 6.45) is -0.0139. The van der Waals surface area contributed by atoms with Crippen molar-refractivity contribution in [2.45, 2.75) is 19.4 Å². The van der Waals surface area contributed by atoms with E-state index in [9.17, 15) is 14.9 Å². The van der Waals surface area contributed by atoms with Gasteiger partial charge in [0.2, 0.25) is 0 Å². The highest BCUT2D eigenvalue weighted by Gasteiger charge is 2.07. The van der Waals surface area contributed by atoms with E-state index in [0.29, 0.717) is 5.69 Å². The van der Waals surface area contributed by atoms with Crippen molar-refractivity contribution in [3.63, 3.8) is 0 Å². The van der Waals surface area contributed by atoms with E-state index in [0.717, 1.165) is 0 Å². The monoisotopic (exact) mass is 239 g/mol. The van der Waals surface area contributed by atoms with Crippen LogP contribution in [0.4, 0.5) is 11.4 Å². The van der Waals surface area contributed by atoms with E-state index in [1.807, 2.05) is 0 Å². The number of aliphatic carboxylic acids is 1. The first kappa shape index (κ1) is 12.9. The third kappa shape index (κ3) is 4.47. The number of benzene rings is 1. The van der Waals surface area contributed by atoms with Crippen molar-refractivity contribution in [3.8, 4) is 0 Å². The van der Waals surface area contributed by atoms with Crippen LogP contribution in [0.15, 0.2) is 24.3 Å². The molecule has 1 aromatic carbocycles. The van der Waals surface area contributed by atoms with E-state index < -0.39 is 10.9 Å². The lowest BCUT2D eigenvalue weighted by molar-refractivity contribution is -0.384. The lowest BCUT2D eigenvalue weighted by Crippen LogP contribution is -2.33. The van der Waals surface area contributed by atoms with Gasteiger partial charge in [-0.15, -0.1) is 0 Å². The van der Waals surface area contributed by atoms with Crippen molar-refractivity contribution in [1.82, 2.24) is 5.43 Å². The smallest absolute Gasteiger partial charge is 0.304 e. The zero-order valence-corrected chi connectivity index (χ0v) is 9.21. The third-order valence-electron chi connectivity index (χ3n) is 2.02. The summed E-state index contributed by atoms with van der Waals surface area (Å²) in [6.45, 7) is 1.71. The average Bonchev–Trinajstić information content (AvgIpc) is 2.26. The number of nitrogens with one attached hydrogen (secondary N) is 2. The van der Waals surface area contributed by atoms with Crippen LogP contribution in [-0.2, 0) is 4.79 Å². The summed E-state index contributed by atoms with van der Waals surface area (Å²) in [5, 5.41) is 18.9. The minimum Gasteiger partial charge on any atom is -0.481 e. The predicted octanol–water partition coefficient (Wildman–Crippen LogP) is 1.37. The van der Waals surface area contributed by atoms with Crippen molar-refractivity contribution >= 4 is 17.3 Å². The third-order valence-corrected chi connectivity index (χ3v) is 2.02. The topological polar surface area (TPSA) is 104 Å². The summed E-state index contributed by atoms with van der Waals surface area (Å²) in [5.41, 5.74) is 6.20. The van der Waals surface area contributed by atoms with Gasteiger partial charge in [0, 0.05) is 23.9 Å². The fourth-order valence-corrected chi connectivity index (χ4v) is 1.19. The quantitative estimate of drug-likeness (QED) is 0.511. The second-order valence-corrected chi connectivity index (χ2v) is 3.57. The zero-order valence-electron chi connectivity index (χ0n) is 9.21. The normalized spacial score (nSPS) is 11.8. The van der Waals surface area contributed by atoms with Gasteiger partial charge in [-0.1, -0.05) is 0 Å². The van der Waals surface area contributed by atoms with Crippen LogP contribution in [0.25, 0.3) is 0 Å². The van der Waals surface area contributed by atoms with E-state index >= 15 is 0 Å². The molecule has 92 valence electrons. The molecular weight excluding hydrogens is 226 g/mol. The first-order valence-corrected chi connectivity index (χ1v) is 4.97. The summed E-state index contributed by atoms with van der Waals surface area (Å²) in [4.78, 5) is 20.3. The average molecular weight is 239 g/mol. The molecule has 3 N–H and O–H groups in total. The van der Waals surface area contributed by atoms with Crippen LogP contribution in [0.1, 0.15) is 13.3 Å². The van der Waals surface area contributed by atoms with Gasteiger partial charge < -0.3 is 10.5 Å². The molecule has 0 saturated carbocycles. The molecule has 0 aromatic heterocycles. The minimum absolute atomic E-state index is 0.00846. The molecule has 1 atom stereocenters. The first-order chi connectivity index (χ1) is 7.99. The Kier molecular flexibility index (Phi) is 4.41. The van der Waals surface area contributed by atoms with Crippen LogP contribution in [0.3, 0.4) is 0 Å². The van der Waals surface area contributed by atoms with Gasteiger partial charge in [-0.05, 0) is 19.1 Å². The van der Waals surface area contributed by atoms with Crippen molar-refractivity contribution < 1.29 is 14.8 Å². The number of non-ortho nitro benzene ring substituents is 1. The number of hydrogen-bond acceptors (Lipinski definition) is 5. The number of carboxylic acids is 1. The van der Waals surface area contributed by atoms with Crippen LogP contribution >= 0.6 is 0 Å². The number of nitrogens with zero attached hydrogens (tertiary/aromatic N) is 1. The zero-order chi connectivity index (χ0) is 12.8. The molecule has 7 nitrogen and oxygen atoms in total. The fourth-order valence-electron chi connectivity index (χ4n) is 1.19. The fraction of sp³-hybridized carbons (Fsp3) is 0.300. The second kappa shape index (κ2) is 5.80. The summed E-state index contributed by atoms with van der Waals surface area (Å²) >= 11 is 0. The standard InChI is InChI=1S/C10H13N3O4/c1-7(6-10(14)15)11-12-8-2-4-9(5-3-8)13(16)17/h2-5,7,11-12H,6H2,1H3,(H,14,15). The maximum Gasteiger partial charge on any atom is 0.304 e. The van der Waals surface area contributed by atoms with Crippen LogP contribution in [0.5, 0.6) is 0 Å². The highest BCUT2D eigenvalue weighted by molar-refractivity contribution is 5.67. The van der Waals surface area contributed by atoms with Crippen LogP contribution in [0.2, 0.25) is 0 Å². The maximum atomic E-state index is 10.4. The highest BCUT2D eigenvalue weighted by Crippen LogP contribution is 2.14. The van der Waals surface area contributed by atoms with Crippen molar-refractivity contribution in [3.05, 3.63) is 34.4 Å². The summed E-state index contributed by atoms with van der Waals surface area (Å²) in [6, 6.07) is 5.57. The number of carbonyl (C=O) groups is 1. The molecule has 0 aliphatic carbocycles. The number of hydrogen-bond donors (Lipinski definition) is 3. The lowest BCUT2D eigenvalue weighted by atomic mass is 10.2. The van der Waals surface area contributed by atoms with Crippen molar-refractivity contribution in [2.75, 3.05) is 5.43 Å². The van der Waals surface area contributed by atoms with Gasteiger partial charge in [0.25, 0.3) is 5.69 Å². The van der Waals surface area contributed by atoms with Gasteiger partial charge >= 0.3 is 5.97 Å². The second-order valence-electron chi connectivity index (χ2n) is 3.57. The molecule has 7 heteroatoms. The molecule has 0 amide bonds. The van der Waals surface area contributed by atoms with Crippen LogP contribution < -0.4 is 10.9 Å². The molecule has 0 fully saturated rings. The van der Waals surface area contributed by atoms with E-state index in [2.05, 4.69) is 10.9 Å². The Morgan fingerprint density at radius 2 is 2.06 bits per heavy atom. The van der Waals surface area contributed by atoms with Gasteiger partial charge in [-0.25, -0.2) is 5.43 Å². The summed E-state index contributed by atoms with van der Waals surface area (Å²) in [5.74, 6) is -0.893. The molecule has 0 bridgehead atoms. The van der Waals surface area contributed by atoms with Crippen LogP contribution in [-0.4, -0.2) is 22.0 Å². The minimum atomic E-state index is -0.893. The molecule has 1 aromatic rings. The highest BCUT2D eigenvalue weighted by atomic mass is 16.6. The van der Waals surface area contributed by atoms with Crippen molar-refractivity contribution in [2.24, 2.45) is 0 Å². The van der Waals surface area contributed by atoms with E-state index in [4.69, 9.17) is 5.11 Å². The maximum absolute atomic E-state index is 10.4. The van der Waals surface area contributed by atoms with Gasteiger partial charge in [-0.2, -0.15) is 0 Å². The Hall–Kier alpha value is -2.15. The number of carboxylic acid groups (broad SMARTS) is 1. The number of hydrazine groups is 1. The Morgan fingerprint density at radius 1 is 1.47 bits per heavy atom. The van der Waals surface area contributed by atoms with E-state index in [1.54, 1.807) is 19.1 Å². The molecule has 0 radical (unpaired) electrons. The van der Waals surface area contributed by atoms with Gasteiger partial charge in [0.05, 0.1) is 11.3 Å². The number of anilines is 1. The van der Waals surface area contributed by atoms with Gasteiger partial charge in [0.15, 0.2) is 0 Å². The molecule has 0 spiro atoms. The largest absolute Gasteiger partial charge is 0.481 e. The molecule has 0 aliphatic rings. The molecular formula is C10H13N3O4. The molecule has 0 saturated heterocycles. The molecule has 1 rings (SSSR count). The molecule has 17 heavy (non-hydrogen) atoms. The van der Waals surface area contributed by atoms with E-state index in [1.165, 1.54) is 12.1 Å². The summed E-state index contributed by atoms with van der Waals surface area (Å²) < 4.78 is 0. The van der Waals surface area contributed by atoms with Gasteiger partial charge in [0.1, 0.15) is 0 Å². The lowest BCUT2D eigenvalue weighted by Gasteiger charge is -2.13.